The molecular weight excluding hydrogens is 471 g/mol. The van der Waals surface area contributed by atoms with Crippen molar-refractivity contribution in [1.82, 2.24) is 14.7 Å². The van der Waals surface area contributed by atoms with Gasteiger partial charge in [0.1, 0.15) is 0 Å². The summed E-state index contributed by atoms with van der Waals surface area (Å²) in [6.07, 6.45) is 8.23. The van der Waals surface area contributed by atoms with E-state index in [0.717, 1.165) is 24.7 Å². The molecule has 4 rings (SSSR count). The molecule has 0 aliphatic carbocycles. The summed E-state index contributed by atoms with van der Waals surface area (Å²) in [4.78, 5) is 6.78. The highest BCUT2D eigenvalue weighted by Crippen LogP contribution is 2.36. The fraction of sp³-hybridized carbons (Fsp3) is 0.677. The largest absolute Gasteiger partial charge is 0.416 e. The van der Waals surface area contributed by atoms with Gasteiger partial charge in [-0.25, -0.2) is 0 Å². The van der Waals surface area contributed by atoms with Gasteiger partial charge in [0, 0.05) is 26.2 Å². The highest BCUT2D eigenvalue weighted by Gasteiger charge is 2.33. The van der Waals surface area contributed by atoms with Crippen molar-refractivity contribution in [2.45, 2.75) is 79.8 Å². The molecule has 0 N–H and O–H groups in total. The number of likely N-dealkylation sites (tertiary alicyclic amines) is 1. The fourth-order valence-electron chi connectivity index (χ4n) is 3.84. The predicted molar refractivity (Wildman–Crippen MR) is 158 cm³/mol. The van der Waals surface area contributed by atoms with Crippen molar-refractivity contribution in [2.75, 3.05) is 60.4 Å². The van der Waals surface area contributed by atoms with Crippen LogP contribution in [-0.2, 0) is 6.18 Å². The van der Waals surface area contributed by atoms with Gasteiger partial charge in [0.2, 0.25) is 0 Å². The zero-order valence-corrected chi connectivity index (χ0v) is 25.3. The van der Waals surface area contributed by atoms with Crippen LogP contribution in [0.2, 0.25) is 0 Å². The number of halogens is 3. The normalized spacial score (nSPS) is 17.9. The summed E-state index contributed by atoms with van der Waals surface area (Å²) in [6, 6.07) is 5.79. The van der Waals surface area contributed by atoms with Crippen LogP contribution in [0.15, 0.2) is 42.5 Å². The first-order valence-corrected chi connectivity index (χ1v) is 14.3. The second-order valence-corrected chi connectivity index (χ2v) is 8.67. The van der Waals surface area contributed by atoms with Crippen molar-refractivity contribution in [2.24, 2.45) is 0 Å². The molecule has 3 heterocycles. The summed E-state index contributed by atoms with van der Waals surface area (Å²) in [5, 5.41) is 0. The minimum absolute atomic E-state index is 0.327. The fourth-order valence-corrected chi connectivity index (χ4v) is 3.84. The molecule has 216 valence electrons. The van der Waals surface area contributed by atoms with Crippen LogP contribution in [0, 0.1) is 0 Å². The Kier molecular flexibility index (Phi) is 23.8. The average Bonchev–Trinajstić information content (AvgIpc) is 2.94. The smallest absolute Gasteiger partial charge is 0.306 e. The van der Waals surface area contributed by atoms with Crippen LogP contribution >= 0.6 is 0 Å². The molecule has 0 bridgehead atoms. The Morgan fingerprint density at radius 3 is 1.59 bits per heavy atom. The lowest BCUT2D eigenvalue weighted by Gasteiger charge is -2.23. The first kappa shape index (κ1) is 37.5. The molecule has 0 aromatic heterocycles. The molecule has 0 radical (unpaired) electrons. The van der Waals surface area contributed by atoms with Crippen molar-refractivity contribution >= 4 is 5.57 Å². The Morgan fingerprint density at radius 2 is 1.22 bits per heavy atom. The lowest BCUT2D eigenvalue weighted by molar-refractivity contribution is -0.137. The second-order valence-electron chi connectivity index (χ2n) is 8.67. The third-order valence-electron chi connectivity index (χ3n) is 5.83. The number of nitrogens with zero attached hydrogens (tertiary/aromatic N) is 3. The Bertz CT molecular complexity index is 708. The van der Waals surface area contributed by atoms with E-state index in [1.165, 1.54) is 51.4 Å². The standard InChI is InChI=1S/C13H14F3N.C6H13N.C6H11N.3C2H6/c1-17-8-6-10(7-9-17)11-4-2-3-5-12(11)13(14,15)16;2*1-7-5-3-2-4-6-7;3*1-2/h2-6H,7-9H2,1H3;2-6H2,1H3;2-3H,4-6H2,1H3;3*1-2H3. The molecule has 3 aliphatic heterocycles. The molecule has 1 fully saturated rings. The Hall–Kier alpha value is -1.63. The summed E-state index contributed by atoms with van der Waals surface area (Å²) < 4.78 is 38.5. The van der Waals surface area contributed by atoms with E-state index in [9.17, 15) is 13.2 Å². The van der Waals surface area contributed by atoms with E-state index in [4.69, 9.17) is 0 Å². The number of hydrogen-bond donors (Lipinski definition) is 0. The number of rotatable bonds is 1. The molecule has 1 aromatic rings. The maximum absolute atomic E-state index is 12.8. The summed E-state index contributed by atoms with van der Waals surface area (Å²) in [5.41, 5.74) is 0.597. The van der Waals surface area contributed by atoms with Crippen molar-refractivity contribution in [3.63, 3.8) is 0 Å². The van der Waals surface area contributed by atoms with Gasteiger partial charge in [0.05, 0.1) is 5.56 Å². The monoisotopic (exact) mass is 527 g/mol. The molecule has 0 atom stereocenters. The zero-order valence-electron chi connectivity index (χ0n) is 25.3. The molecule has 0 saturated carbocycles. The molecule has 37 heavy (non-hydrogen) atoms. The van der Waals surface area contributed by atoms with Gasteiger partial charge in [-0.15, -0.1) is 0 Å². The Balaban J connectivity index is 0. The van der Waals surface area contributed by atoms with Crippen LogP contribution in [0.4, 0.5) is 13.2 Å². The molecule has 1 saturated heterocycles. The molecule has 3 aliphatic rings. The van der Waals surface area contributed by atoms with Crippen molar-refractivity contribution < 1.29 is 13.2 Å². The van der Waals surface area contributed by atoms with E-state index in [2.05, 4.69) is 40.9 Å². The van der Waals surface area contributed by atoms with Crippen molar-refractivity contribution in [3.05, 3.63) is 53.6 Å². The third-order valence-corrected chi connectivity index (χ3v) is 5.83. The van der Waals surface area contributed by atoms with Gasteiger partial charge in [-0.3, -0.25) is 0 Å². The number of likely N-dealkylation sites (N-methyl/N-ethyl adjacent to an activating group) is 2. The zero-order chi connectivity index (χ0) is 28.7. The topological polar surface area (TPSA) is 9.72 Å². The molecule has 0 amide bonds. The third kappa shape index (κ3) is 17.5. The van der Waals surface area contributed by atoms with Crippen molar-refractivity contribution in [3.8, 4) is 0 Å². The maximum Gasteiger partial charge on any atom is 0.416 e. The molecular formula is C31H56F3N3. The molecule has 1 aromatic carbocycles. The van der Waals surface area contributed by atoms with Gasteiger partial charge in [0.15, 0.2) is 0 Å². The number of alkyl halides is 3. The van der Waals surface area contributed by atoms with E-state index < -0.39 is 11.7 Å². The van der Waals surface area contributed by atoms with Crippen LogP contribution in [0.25, 0.3) is 5.57 Å². The van der Waals surface area contributed by atoms with E-state index in [1.807, 2.05) is 54.7 Å². The number of piperidine rings is 1. The van der Waals surface area contributed by atoms with Crippen LogP contribution in [0.5, 0.6) is 0 Å². The summed E-state index contributed by atoms with van der Waals surface area (Å²) in [7, 11) is 6.30. The first-order valence-electron chi connectivity index (χ1n) is 14.3. The molecule has 0 spiro atoms. The van der Waals surface area contributed by atoms with E-state index >= 15 is 0 Å². The second kappa shape index (κ2) is 23.5. The minimum atomic E-state index is -4.28. The van der Waals surface area contributed by atoms with Crippen LogP contribution < -0.4 is 0 Å². The Morgan fingerprint density at radius 1 is 0.649 bits per heavy atom. The quantitative estimate of drug-likeness (QED) is 0.339. The van der Waals surface area contributed by atoms with Gasteiger partial charge < -0.3 is 14.7 Å². The summed E-state index contributed by atoms with van der Waals surface area (Å²) >= 11 is 0. The minimum Gasteiger partial charge on any atom is -0.306 e. The average molecular weight is 528 g/mol. The van der Waals surface area contributed by atoms with Crippen LogP contribution in [0.3, 0.4) is 0 Å². The van der Waals surface area contributed by atoms with E-state index in [-0.39, 0.29) is 0 Å². The van der Waals surface area contributed by atoms with Crippen LogP contribution in [-0.4, -0.2) is 75.1 Å². The molecule has 3 nitrogen and oxygen atoms in total. The molecule has 6 heteroatoms. The van der Waals surface area contributed by atoms with Gasteiger partial charge in [-0.2, -0.15) is 13.2 Å². The summed E-state index contributed by atoms with van der Waals surface area (Å²) in [5.74, 6) is 0. The van der Waals surface area contributed by atoms with Crippen molar-refractivity contribution in [1.29, 1.82) is 0 Å². The predicted octanol–water partition coefficient (Wildman–Crippen LogP) is 8.48. The maximum atomic E-state index is 12.8. The summed E-state index contributed by atoms with van der Waals surface area (Å²) in [6.45, 7) is 18.5. The van der Waals surface area contributed by atoms with Gasteiger partial charge in [-0.05, 0) is 77.1 Å². The van der Waals surface area contributed by atoms with Crippen LogP contribution in [0.1, 0.15) is 84.8 Å². The number of hydrogen-bond acceptors (Lipinski definition) is 3. The first-order chi connectivity index (χ1) is 17.8. The van der Waals surface area contributed by atoms with Gasteiger partial charge in [-0.1, -0.05) is 84.4 Å². The Labute approximate surface area is 227 Å². The lowest BCUT2D eigenvalue weighted by atomic mass is 9.95. The highest BCUT2D eigenvalue weighted by molar-refractivity contribution is 5.69. The van der Waals surface area contributed by atoms with Gasteiger partial charge >= 0.3 is 6.18 Å². The highest BCUT2D eigenvalue weighted by atomic mass is 19.4. The molecule has 0 unspecified atom stereocenters. The lowest BCUT2D eigenvalue weighted by Crippen LogP contribution is -2.24. The number of benzene rings is 1. The SMILES string of the molecule is CC.CC.CC.CN1CC=C(c2ccccc2C(F)(F)F)CC1.CN1CC=CCC1.CN1CCCCC1. The van der Waals surface area contributed by atoms with E-state index in [1.54, 1.807) is 12.1 Å². The van der Waals surface area contributed by atoms with E-state index in [0.29, 0.717) is 18.5 Å². The van der Waals surface area contributed by atoms with Gasteiger partial charge in [0.25, 0.3) is 0 Å².